The van der Waals surface area contributed by atoms with Gasteiger partial charge in [0.15, 0.2) is 5.96 Å². The highest BCUT2D eigenvalue weighted by Crippen LogP contribution is 2.21. The van der Waals surface area contributed by atoms with Crippen molar-refractivity contribution in [1.29, 1.82) is 0 Å². The number of nitrogens with zero attached hydrogens (tertiary/aromatic N) is 2. The molecule has 0 aromatic heterocycles. The lowest BCUT2D eigenvalue weighted by Gasteiger charge is -2.30. The van der Waals surface area contributed by atoms with Gasteiger partial charge in [0.25, 0.3) is 0 Å². The molecule has 0 atom stereocenters. The molecule has 6 heteroatoms. The third-order valence-electron chi connectivity index (χ3n) is 4.27. The summed E-state index contributed by atoms with van der Waals surface area (Å²) in [6.45, 7) is 5.51. The largest absolute Gasteiger partial charge is 0.469 e. The van der Waals surface area contributed by atoms with E-state index in [1.54, 1.807) is 0 Å². The van der Waals surface area contributed by atoms with E-state index in [1.165, 1.54) is 18.2 Å². The Kier molecular flexibility index (Phi) is 11.0. The van der Waals surface area contributed by atoms with Crippen LogP contribution in [-0.4, -0.2) is 50.1 Å². The molecule has 0 aliphatic carbocycles. The SMILES string of the molecule is CCNC(=NCCCCC(=O)OC)N1CC=C(c2ccccc2)CC1.I. The van der Waals surface area contributed by atoms with Crippen LogP contribution in [0.1, 0.15) is 38.2 Å². The molecule has 144 valence electrons. The molecule has 1 N–H and O–H groups in total. The van der Waals surface area contributed by atoms with Gasteiger partial charge in [0.1, 0.15) is 0 Å². The summed E-state index contributed by atoms with van der Waals surface area (Å²) in [6, 6.07) is 10.6. The van der Waals surface area contributed by atoms with Crippen LogP contribution in [0.5, 0.6) is 0 Å². The topological polar surface area (TPSA) is 53.9 Å². The molecule has 1 aromatic carbocycles. The van der Waals surface area contributed by atoms with Gasteiger partial charge in [-0.25, -0.2) is 0 Å². The molecule has 1 aromatic rings. The maximum Gasteiger partial charge on any atom is 0.305 e. The molecule has 0 fully saturated rings. The zero-order valence-corrected chi connectivity index (χ0v) is 18.1. The highest BCUT2D eigenvalue weighted by atomic mass is 127. The predicted molar refractivity (Wildman–Crippen MR) is 118 cm³/mol. The number of ether oxygens (including phenoxy) is 1. The van der Waals surface area contributed by atoms with Crippen molar-refractivity contribution in [2.75, 3.05) is 33.3 Å². The number of methoxy groups -OCH3 is 1. The van der Waals surface area contributed by atoms with Crippen molar-refractivity contribution in [3.8, 4) is 0 Å². The van der Waals surface area contributed by atoms with Crippen molar-refractivity contribution in [1.82, 2.24) is 10.2 Å². The Morgan fingerprint density at radius 3 is 2.65 bits per heavy atom. The Morgan fingerprint density at radius 1 is 1.27 bits per heavy atom. The highest BCUT2D eigenvalue weighted by Gasteiger charge is 2.15. The number of hydrogen-bond acceptors (Lipinski definition) is 3. The highest BCUT2D eigenvalue weighted by molar-refractivity contribution is 14.0. The Labute approximate surface area is 173 Å². The van der Waals surface area contributed by atoms with Gasteiger partial charge in [-0.2, -0.15) is 0 Å². The van der Waals surface area contributed by atoms with Crippen LogP contribution in [-0.2, 0) is 9.53 Å². The van der Waals surface area contributed by atoms with Crippen LogP contribution in [0.25, 0.3) is 5.57 Å². The normalized spacial score (nSPS) is 14.3. The second kappa shape index (κ2) is 12.7. The lowest BCUT2D eigenvalue weighted by atomic mass is 10.00. The van der Waals surface area contributed by atoms with E-state index in [0.717, 1.165) is 51.4 Å². The Hall–Kier alpha value is -1.57. The van der Waals surface area contributed by atoms with Gasteiger partial charge < -0.3 is 15.0 Å². The zero-order valence-electron chi connectivity index (χ0n) is 15.7. The van der Waals surface area contributed by atoms with Crippen molar-refractivity contribution in [2.45, 2.75) is 32.6 Å². The first-order chi connectivity index (χ1) is 12.2. The van der Waals surface area contributed by atoms with Gasteiger partial charge in [-0.1, -0.05) is 36.4 Å². The van der Waals surface area contributed by atoms with Crippen LogP contribution in [0.4, 0.5) is 0 Å². The summed E-state index contributed by atoms with van der Waals surface area (Å²) in [5.41, 5.74) is 2.72. The molecule has 0 saturated heterocycles. The molecular formula is C20H30IN3O2. The first-order valence-corrected chi connectivity index (χ1v) is 9.09. The quantitative estimate of drug-likeness (QED) is 0.217. The van der Waals surface area contributed by atoms with Crippen molar-refractivity contribution in [3.63, 3.8) is 0 Å². The monoisotopic (exact) mass is 471 g/mol. The second-order valence-corrected chi connectivity index (χ2v) is 6.06. The first kappa shape index (κ1) is 22.5. The Balaban J connectivity index is 0.00000338. The molecule has 0 amide bonds. The fourth-order valence-corrected chi connectivity index (χ4v) is 2.87. The summed E-state index contributed by atoms with van der Waals surface area (Å²) in [4.78, 5) is 18.1. The van der Waals surface area contributed by atoms with Gasteiger partial charge in [0.05, 0.1) is 7.11 Å². The maximum atomic E-state index is 11.1. The number of guanidine groups is 1. The molecule has 0 unspecified atom stereocenters. The average Bonchev–Trinajstić information content (AvgIpc) is 2.67. The fraction of sp³-hybridized carbons (Fsp3) is 0.500. The van der Waals surface area contributed by atoms with Crippen molar-refractivity contribution in [2.24, 2.45) is 4.99 Å². The van der Waals surface area contributed by atoms with Crippen molar-refractivity contribution >= 4 is 41.5 Å². The molecule has 1 aliphatic heterocycles. The smallest absolute Gasteiger partial charge is 0.305 e. The standard InChI is InChI=1S/C20H29N3O2.HI/c1-3-21-20(22-14-8-7-11-19(24)25-2)23-15-12-18(13-16-23)17-9-5-4-6-10-17;/h4-6,9-10,12H,3,7-8,11,13-16H2,1-2H3,(H,21,22);1H. The van der Waals surface area contributed by atoms with E-state index in [0.29, 0.717) is 6.42 Å². The number of halogens is 1. The van der Waals surface area contributed by atoms with Crippen LogP contribution >= 0.6 is 24.0 Å². The van der Waals surface area contributed by atoms with Gasteiger partial charge in [0.2, 0.25) is 0 Å². The molecule has 1 aliphatic rings. The summed E-state index contributed by atoms with van der Waals surface area (Å²) in [5.74, 6) is 0.814. The van der Waals surface area contributed by atoms with E-state index < -0.39 is 0 Å². The third kappa shape index (κ3) is 7.35. The number of carbonyl (C=O) groups is 1. The average molecular weight is 471 g/mol. The van der Waals surface area contributed by atoms with Gasteiger partial charge in [-0.3, -0.25) is 9.79 Å². The third-order valence-corrected chi connectivity index (χ3v) is 4.27. The van der Waals surface area contributed by atoms with Gasteiger partial charge in [-0.05, 0) is 37.3 Å². The molecule has 0 bridgehead atoms. The Bertz CT molecular complexity index is 602. The molecule has 0 radical (unpaired) electrons. The molecule has 26 heavy (non-hydrogen) atoms. The fourth-order valence-electron chi connectivity index (χ4n) is 2.87. The molecule has 5 nitrogen and oxygen atoms in total. The van der Waals surface area contributed by atoms with Gasteiger partial charge in [-0.15, -0.1) is 24.0 Å². The number of aliphatic imine (C=N–C) groups is 1. The minimum absolute atomic E-state index is 0. The Morgan fingerprint density at radius 2 is 2.04 bits per heavy atom. The predicted octanol–water partition coefficient (Wildman–Crippen LogP) is 3.70. The van der Waals surface area contributed by atoms with Crippen LogP contribution < -0.4 is 5.32 Å². The molecular weight excluding hydrogens is 441 g/mol. The van der Waals surface area contributed by atoms with Crippen LogP contribution in [0.15, 0.2) is 41.4 Å². The van der Waals surface area contributed by atoms with Crippen LogP contribution in [0.3, 0.4) is 0 Å². The van der Waals surface area contributed by atoms with Crippen molar-refractivity contribution in [3.05, 3.63) is 42.0 Å². The summed E-state index contributed by atoms with van der Waals surface area (Å²) in [5, 5.41) is 3.37. The van der Waals surface area contributed by atoms with E-state index in [-0.39, 0.29) is 29.9 Å². The molecule has 0 saturated carbocycles. The van der Waals surface area contributed by atoms with E-state index >= 15 is 0 Å². The molecule has 2 rings (SSSR count). The summed E-state index contributed by atoms with van der Waals surface area (Å²) < 4.78 is 4.66. The van der Waals surface area contributed by atoms with E-state index in [2.05, 4.69) is 58.3 Å². The number of hydrogen-bond donors (Lipinski definition) is 1. The minimum atomic E-state index is -0.148. The van der Waals surface area contributed by atoms with Crippen molar-refractivity contribution < 1.29 is 9.53 Å². The molecule has 0 spiro atoms. The lowest BCUT2D eigenvalue weighted by molar-refractivity contribution is -0.140. The summed E-state index contributed by atoms with van der Waals surface area (Å²) in [6.07, 6.45) is 5.49. The second-order valence-electron chi connectivity index (χ2n) is 6.06. The van der Waals surface area contributed by atoms with E-state index in [1.807, 2.05) is 0 Å². The number of carbonyl (C=O) groups excluding carboxylic acids is 1. The first-order valence-electron chi connectivity index (χ1n) is 9.09. The maximum absolute atomic E-state index is 11.1. The van der Waals surface area contributed by atoms with E-state index in [9.17, 15) is 4.79 Å². The zero-order chi connectivity index (χ0) is 17.9. The minimum Gasteiger partial charge on any atom is -0.469 e. The van der Waals surface area contributed by atoms with Gasteiger partial charge >= 0.3 is 5.97 Å². The number of rotatable bonds is 7. The molecule has 1 heterocycles. The van der Waals surface area contributed by atoms with Gasteiger partial charge in [0, 0.05) is 32.6 Å². The summed E-state index contributed by atoms with van der Waals surface area (Å²) in [7, 11) is 1.43. The number of nitrogens with one attached hydrogen (secondary N) is 1. The van der Waals surface area contributed by atoms with Crippen LogP contribution in [0, 0.1) is 0 Å². The number of esters is 1. The van der Waals surface area contributed by atoms with Crippen LogP contribution in [0.2, 0.25) is 0 Å². The lowest BCUT2D eigenvalue weighted by Crippen LogP contribution is -2.43. The van der Waals surface area contributed by atoms with E-state index in [4.69, 9.17) is 4.99 Å². The summed E-state index contributed by atoms with van der Waals surface area (Å²) >= 11 is 0. The number of benzene rings is 1. The number of unbranched alkanes of at least 4 members (excludes halogenated alkanes) is 1.